The number of benzene rings is 2. The second kappa shape index (κ2) is 12.3. The second-order valence-electron chi connectivity index (χ2n) is 10.3. The zero-order chi connectivity index (χ0) is 26.4. The lowest BCUT2D eigenvalue weighted by Crippen LogP contribution is -2.11. The molecule has 0 unspecified atom stereocenters. The Hall–Kier alpha value is -2.60. The average molecular weight is 542 g/mol. The Morgan fingerprint density at radius 2 is 1.84 bits per heavy atom. The van der Waals surface area contributed by atoms with Gasteiger partial charge in [0.15, 0.2) is 5.82 Å². The Labute approximate surface area is 224 Å². The summed E-state index contributed by atoms with van der Waals surface area (Å²) in [6, 6.07) is 11.2. The molecule has 5 N–H and O–H groups in total. The topological polar surface area (TPSA) is 113 Å². The minimum Gasteiger partial charge on any atom is -0.508 e. The summed E-state index contributed by atoms with van der Waals surface area (Å²) < 4.78 is 12.8. The quantitative estimate of drug-likeness (QED) is 0.0991. The van der Waals surface area contributed by atoms with Crippen molar-refractivity contribution in [3.05, 3.63) is 58.7 Å². The number of anilines is 4. The predicted molar refractivity (Wildman–Crippen MR) is 155 cm³/mol. The highest BCUT2D eigenvalue weighted by Gasteiger charge is 2.19. The van der Waals surface area contributed by atoms with E-state index in [1.165, 1.54) is 61.6 Å². The number of hydrogen-bond donors (Lipinski definition) is 4. The van der Waals surface area contributed by atoms with E-state index in [9.17, 15) is 9.67 Å². The molecule has 0 spiro atoms. The van der Waals surface area contributed by atoms with Gasteiger partial charge in [-0.1, -0.05) is 36.9 Å². The molecule has 1 atom stereocenters. The molecule has 1 aromatic heterocycles. The molecule has 0 aliphatic heterocycles. The number of nitrogens with one attached hydrogen (secondary N) is 2. The van der Waals surface area contributed by atoms with E-state index in [0.717, 1.165) is 37.4 Å². The maximum absolute atomic E-state index is 12.8. The van der Waals surface area contributed by atoms with Gasteiger partial charge in [-0.15, -0.1) is 0 Å². The fraction of sp³-hybridized carbons (Fsp3) is 0.429. The van der Waals surface area contributed by atoms with Crippen LogP contribution in [0.3, 0.4) is 0 Å². The van der Waals surface area contributed by atoms with Gasteiger partial charge in [0.05, 0.1) is 11.9 Å². The highest BCUT2D eigenvalue weighted by Crippen LogP contribution is 2.40. The maximum atomic E-state index is 12.8. The summed E-state index contributed by atoms with van der Waals surface area (Å²) in [4.78, 5) is 8.93. The minimum atomic E-state index is -2.66. The zero-order valence-electron chi connectivity index (χ0n) is 21.6. The van der Waals surface area contributed by atoms with Gasteiger partial charge in [-0.25, -0.2) is 4.98 Å². The van der Waals surface area contributed by atoms with E-state index in [2.05, 4.69) is 38.8 Å². The molecule has 1 heterocycles. The lowest BCUT2D eigenvalue weighted by molar-refractivity contribution is 0.411. The van der Waals surface area contributed by atoms with Gasteiger partial charge in [0, 0.05) is 11.0 Å². The lowest BCUT2D eigenvalue weighted by Gasteiger charge is -2.16. The first-order valence-corrected chi connectivity index (χ1v) is 16.0. The van der Waals surface area contributed by atoms with Crippen LogP contribution in [-0.2, 0) is 17.4 Å². The number of nitrogens with two attached hydrogens (primary N) is 1. The molecular formula is C28H37ClN5O2P. The molecule has 1 aliphatic carbocycles. The van der Waals surface area contributed by atoms with E-state index in [-0.39, 0.29) is 5.75 Å². The second-order valence-corrected chi connectivity index (χ2v) is 13.8. The van der Waals surface area contributed by atoms with Crippen molar-refractivity contribution in [2.45, 2.75) is 51.4 Å². The third-order valence-corrected chi connectivity index (χ3v) is 8.79. The highest BCUT2D eigenvalue weighted by atomic mass is 35.5. The van der Waals surface area contributed by atoms with Gasteiger partial charge in [-0.2, -0.15) is 4.98 Å². The third-order valence-electron chi connectivity index (χ3n) is 6.98. The van der Waals surface area contributed by atoms with Crippen LogP contribution in [0.25, 0.3) is 0 Å². The number of unbranched alkanes of at least 4 members (excludes halogenated alkanes) is 2. The van der Waals surface area contributed by atoms with Crippen LogP contribution in [0.4, 0.5) is 23.1 Å². The summed E-state index contributed by atoms with van der Waals surface area (Å²) >= 11 is 6.39. The van der Waals surface area contributed by atoms with Crippen LogP contribution in [0.15, 0.2) is 42.6 Å². The normalized spacial score (nSPS) is 15.6. The Bertz CT molecular complexity index is 1280. The molecular weight excluding hydrogens is 505 g/mol. The number of hydrogen-bond acceptors (Lipinski definition) is 7. The van der Waals surface area contributed by atoms with Crippen LogP contribution in [0.1, 0.15) is 49.7 Å². The number of phenolic OH excluding ortho intramolecular Hbond substituents is 1. The van der Waals surface area contributed by atoms with E-state index >= 15 is 0 Å². The maximum Gasteiger partial charge on any atom is 0.229 e. The summed E-state index contributed by atoms with van der Waals surface area (Å²) in [5, 5.41) is 17.2. The Kier molecular flexibility index (Phi) is 9.12. The molecule has 0 amide bonds. The molecule has 37 heavy (non-hydrogen) atoms. The molecule has 3 aromatic rings. The van der Waals surface area contributed by atoms with Gasteiger partial charge in [0.25, 0.3) is 0 Å². The van der Waals surface area contributed by atoms with E-state index in [4.69, 9.17) is 17.3 Å². The molecule has 4 rings (SSSR count). The van der Waals surface area contributed by atoms with Crippen LogP contribution in [0.2, 0.25) is 5.02 Å². The number of aromatic nitrogens is 2. The van der Waals surface area contributed by atoms with E-state index in [0.29, 0.717) is 27.8 Å². The van der Waals surface area contributed by atoms with Gasteiger partial charge < -0.3 is 26.0 Å². The van der Waals surface area contributed by atoms with Crippen molar-refractivity contribution >= 4 is 47.2 Å². The van der Waals surface area contributed by atoms with Crippen molar-refractivity contribution in [3.63, 3.8) is 0 Å². The van der Waals surface area contributed by atoms with Crippen molar-refractivity contribution in [3.8, 4) is 5.75 Å². The number of aryl methyl sites for hydroxylation is 2. The van der Waals surface area contributed by atoms with Crippen molar-refractivity contribution < 1.29 is 9.67 Å². The highest BCUT2D eigenvalue weighted by molar-refractivity contribution is 7.70. The zero-order valence-corrected chi connectivity index (χ0v) is 23.3. The fourth-order valence-corrected chi connectivity index (χ4v) is 6.22. The smallest absolute Gasteiger partial charge is 0.229 e. The van der Waals surface area contributed by atoms with Gasteiger partial charge in [-0.05, 0) is 99.4 Å². The SMILES string of the molecule is CP(C)(=O)c1cc(O)ccc1Nc1nc(Nc2ccc3c(c2)CC[C@@H](CCCCCN)CC3)ncc1Cl. The summed E-state index contributed by atoms with van der Waals surface area (Å²) in [5.74, 6) is 1.64. The lowest BCUT2D eigenvalue weighted by atomic mass is 9.93. The van der Waals surface area contributed by atoms with Crippen LogP contribution >= 0.6 is 18.7 Å². The van der Waals surface area contributed by atoms with Crippen molar-refractivity contribution in [1.82, 2.24) is 9.97 Å². The number of aromatic hydroxyl groups is 1. The van der Waals surface area contributed by atoms with Crippen molar-refractivity contribution in [2.75, 3.05) is 30.5 Å². The first-order valence-electron chi connectivity index (χ1n) is 13.0. The predicted octanol–water partition coefficient (Wildman–Crippen LogP) is 6.58. The molecule has 0 radical (unpaired) electrons. The first kappa shape index (κ1) is 27.4. The summed E-state index contributed by atoms with van der Waals surface area (Å²) in [7, 11) is -2.66. The average Bonchev–Trinajstić information content (AvgIpc) is 3.06. The fourth-order valence-electron chi connectivity index (χ4n) is 4.93. The number of phenols is 1. The number of fused-ring (bicyclic) bond motifs is 1. The molecule has 0 bridgehead atoms. The standard InChI is InChI=1S/C28H37ClN5O2P/c1-37(2,36)26-17-23(35)13-14-25(26)33-27-24(29)18-31-28(34-27)32-22-12-11-20-9-7-19(6-4-3-5-15-30)8-10-21(20)16-22/h11-14,16-19,35H,3-10,15,30H2,1-2H3,(H2,31,32,33,34)/t19-/m0/s1. The van der Waals surface area contributed by atoms with Crippen molar-refractivity contribution in [2.24, 2.45) is 11.7 Å². The summed E-state index contributed by atoms with van der Waals surface area (Å²) in [6.45, 7) is 4.10. The Morgan fingerprint density at radius 3 is 2.59 bits per heavy atom. The van der Waals surface area contributed by atoms with Gasteiger partial charge in [-0.3, -0.25) is 0 Å². The van der Waals surface area contributed by atoms with Crippen molar-refractivity contribution in [1.29, 1.82) is 0 Å². The van der Waals surface area contributed by atoms with E-state index in [1.807, 2.05) is 0 Å². The molecule has 0 fully saturated rings. The molecule has 198 valence electrons. The molecule has 9 heteroatoms. The Balaban J connectivity index is 1.46. The van der Waals surface area contributed by atoms with E-state index in [1.54, 1.807) is 19.4 Å². The number of nitrogens with zero attached hydrogens (tertiary/aromatic N) is 2. The first-order chi connectivity index (χ1) is 17.7. The van der Waals surface area contributed by atoms with Crippen LogP contribution in [-0.4, -0.2) is 34.9 Å². The minimum absolute atomic E-state index is 0.0572. The third kappa shape index (κ3) is 7.47. The monoisotopic (exact) mass is 541 g/mol. The molecule has 0 saturated heterocycles. The van der Waals surface area contributed by atoms with E-state index < -0.39 is 7.14 Å². The molecule has 1 aliphatic rings. The van der Waals surface area contributed by atoms with Gasteiger partial charge in [0.1, 0.15) is 17.9 Å². The van der Waals surface area contributed by atoms with Crippen LogP contribution in [0, 0.1) is 5.92 Å². The summed E-state index contributed by atoms with van der Waals surface area (Å²) in [6.07, 6.45) is 11.1. The Morgan fingerprint density at radius 1 is 1.05 bits per heavy atom. The largest absolute Gasteiger partial charge is 0.508 e. The number of halogens is 1. The van der Waals surface area contributed by atoms with Gasteiger partial charge in [0.2, 0.25) is 5.95 Å². The molecule has 0 saturated carbocycles. The summed E-state index contributed by atoms with van der Waals surface area (Å²) in [5.41, 5.74) is 9.97. The van der Waals surface area contributed by atoms with Crippen LogP contribution in [0.5, 0.6) is 5.75 Å². The molecule has 2 aromatic carbocycles. The molecule has 7 nitrogen and oxygen atoms in total. The van der Waals surface area contributed by atoms with Crippen LogP contribution < -0.4 is 21.7 Å². The number of rotatable bonds is 10. The van der Waals surface area contributed by atoms with Gasteiger partial charge >= 0.3 is 0 Å².